The van der Waals surface area contributed by atoms with E-state index in [1.165, 1.54) is 6.17 Å². The van der Waals surface area contributed by atoms with E-state index >= 15 is 0 Å². The molecule has 0 fully saturated rings. The van der Waals surface area contributed by atoms with Crippen LogP contribution in [0.4, 0.5) is 0 Å². The second-order valence-electron chi connectivity index (χ2n) is 1.69. The van der Waals surface area contributed by atoms with Crippen molar-refractivity contribution in [3.63, 3.8) is 0 Å². The van der Waals surface area contributed by atoms with Crippen LogP contribution in [0.2, 0.25) is 0 Å². The van der Waals surface area contributed by atoms with Crippen LogP contribution in [0.1, 0.15) is 15.9 Å². The van der Waals surface area contributed by atoms with Gasteiger partial charge in [0.15, 0.2) is 0 Å². The minimum atomic E-state index is 0.194. The van der Waals surface area contributed by atoms with Crippen molar-refractivity contribution in [1.82, 2.24) is 0 Å². The summed E-state index contributed by atoms with van der Waals surface area (Å²) in [6, 6.07) is 5.50. The number of rotatable bonds is 0. The molecule has 0 atom stereocenters. The van der Waals surface area contributed by atoms with E-state index in [1.54, 1.807) is 0 Å². The van der Waals surface area contributed by atoms with Crippen molar-refractivity contribution < 1.29 is 0 Å². The quantitative estimate of drug-likeness (QED) is 0.556. The van der Waals surface area contributed by atoms with Gasteiger partial charge in [-0.3, -0.25) is 0 Å². The van der Waals surface area contributed by atoms with Crippen LogP contribution in [0, 0.1) is 34.0 Å². The summed E-state index contributed by atoms with van der Waals surface area (Å²) < 4.78 is 0. The van der Waals surface area contributed by atoms with Gasteiger partial charge in [0, 0.05) is 0 Å². The van der Waals surface area contributed by atoms with Gasteiger partial charge in [-0.05, 0) is 0 Å². The molecule has 0 radical (unpaired) electrons. The van der Waals surface area contributed by atoms with E-state index in [0.717, 1.165) is 11.2 Å². The molecule has 11 heavy (non-hydrogen) atoms. The number of nitrogens with zero attached hydrogens (tertiary/aromatic N) is 3. The Morgan fingerprint density at radius 3 is 2.27 bits per heavy atom. The molecule has 1 aromatic heterocycles. The van der Waals surface area contributed by atoms with Gasteiger partial charge in [-0.2, -0.15) is 0 Å². The molecule has 1 heterocycles. The predicted molar refractivity (Wildman–Crippen MR) is 39.8 cm³/mol. The topological polar surface area (TPSA) is 71.4 Å². The Kier molecular flexibility index (Phi) is 2.02. The molecule has 0 spiro atoms. The zero-order chi connectivity index (χ0) is 8.27. The number of nitriles is 3. The summed E-state index contributed by atoms with van der Waals surface area (Å²) in [6.45, 7) is 0. The average Bonchev–Trinajstić information content (AvgIpc) is 2.45. The number of hydrogen-bond acceptors (Lipinski definition) is 4. The van der Waals surface area contributed by atoms with Gasteiger partial charge in [0.2, 0.25) is 0 Å². The summed E-state index contributed by atoms with van der Waals surface area (Å²) in [4.78, 5) is 0.309. The molecular weight excluding hydrogens is 157 g/mol. The molecule has 0 N–H and O–H groups in total. The first-order valence-corrected chi connectivity index (χ1v) is 3.53. The van der Waals surface area contributed by atoms with Crippen LogP contribution in [-0.4, -0.2) is 6.17 Å². The van der Waals surface area contributed by atoms with Crippen molar-refractivity contribution in [2.45, 2.75) is 0 Å². The summed E-state index contributed by atoms with van der Waals surface area (Å²) in [6.07, 6.45) is 1.51. The Morgan fingerprint density at radius 2 is 1.82 bits per heavy atom. The van der Waals surface area contributed by atoms with Gasteiger partial charge in [-0.1, -0.05) is 0 Å². The van der Waals surface area contributed by atoms with Crippen molar-refractivity contribution in [2.24, 2.45) is 0 Å². The maximum atomic E-state index is 8.50. The third kappa shape index (κ3) is 1.12. The molecule has 48 valence electrons. The van der Waals surface area contributed by atoms with Gasteiger partial charge in [0.1, 0.15) is 0 Å². The van der Waals surface area contributed by atoms with Gasteiger partial charge in [0.05, 0.1) is 0 Å². The number of hydrogen-bond donors (Lipinski definition) is 0. The van der Waals surface area contributed by atoms with Crippen molar-refractivity contribution in [2.75, 3.05) is 0 Å². The van der Waals surface area contributed by atoms with E-state index < -0.39 is 0 Å². The first-order valence-electron chi connectivity index (χ1n) is 2.65. The van der Waals surface area contributed by atoms with Crippen LogP contribution in [0.3, 0.4) is 0 Å². The standard InChI is InChI=1S/C6BN3S/c8-1-4-5(2-9)7-11-6(4)3-10. The van der Waals surface area contributed by atoms with E-state index in [2.05, 4.69) is 0 Å². The maximum absolute atomic E-state index is 8.50. The molecule has 0 saturated heterocycles. The predicted octanol–water partition coefficient (Wildman–Crippen LogP) is 0.701. The van der Waals surface area contributed by atoms with Crippen LogP contribution in [0.25, 0.3) is 0 Å². The summed E-state index contributed by atoms with van der Waals surface area (Å²) in [5, 5.41) is 25.4. The van der Waals surface area contributed by atoms with Crippen LogP contribution in [0.5, 0.6) is 0 Å². The first kappa shape index (κ1) is 7.47. The van der Waals surface area contributed by atoms with Gasteiger partial charge >= 0.3 is 67.2 Å². The molecule has 1 aromatic rings. The zero-order valence-corrected chi connectivity index (χ0v) is 6.14. The van der Waals surface area contributed by atoms with Gasteiger partial charge in [0.25, 0.3) is 0 Å². The molecule has 0 aliphatic carbocycles. The fraction of sp³-hybridized carbons (Fsp3) is 0. The zero-order valence-electron chi connectivity index (χ0n) is 5.33. The van der Waals surface area contributed by atoms with Crippen LogP contribution in [0.15, 0.2) is 0 Å². The summed E-state index contributed by atoms with van der Waals surface area (Å²) in [7, 11) is 0. The van der Waals surface area contributed by atoms with Crippen molar-refractivity contribution in [1.29, 1.82) is 15.8 Å². The van der Waals surface area contributed by atoms with Crippen LogP contribution in [-0.2, 0) is 0 Å². The summed E-state index contributed by atoms with van der Waals surface area (Å²) in [5.41, 5.74) is 0.481. The Morgan fingerprint density at radius 1 is 1.09 bits per heavy atom. The summed E-state index contributed by atoms with van der Waals surface area (Å²) in [5.74, 6) is 0. The fourth-order valence-corrected chi connectivity index (χ4v) is 1.37. The molecule has 0 saturated carbocycles. The molecule has 1 rings (SSSR count). The molecule has 5 heteroatoms. The van der Waals surface area contributed by atoms with Gasteiger partial charge in [-0.15, -0.1) is 0 Å². The molecule has 3 nitrogen and oxygen atoms in total. The van der Waals surface area contributed by atoms with E-state index in [4.69, 9.17) is 15.8 Å². The second-order valence-corrected chi connectivity index (χ2v) is 2.57. The second kappa shape index (κ2) is 2.97. The Balaban J connectivity index is 3.41. The SMILES string of the molecule is N#Cc1bsc(C#N)c1C#N. The fourth-order valence-electron chi connectivity index (χ4n) is 0.634. The van der Waals surface area contributed by atoms with Crippen molar-refractivity contribution >= 4 is 17.4 Å². The van der Waals surface area contributed by atoms with Crippen LogP contribution >= 0.6 is 11.2 Å². The molecule has 0 unspecified atom stereocenters. The first-order chi connectivity index (χ1) is 5.33. The average molecular weight is 157 g/mol. The monoisotopic (exact) mass is 157 g/mol. The molecule has 0 aliphatic heterocycles. The van der Waals surface area contributed by atoms with E-state index in [1.807, 2.05) is 18.2 Å². The van der Waals surface area contributed by atoms with Crippen molar-refractivity contribution in [3.05, 3.63) is 15.9 Å². The van der Waals surface area contributed by atoms with Gasteiger partial charge in [-0.25, -0.2) is 0 Å². The molecule has 0 aromatic carbocycles. The molecule has 0 aliphatic rings. The molecule has 0 bridgehead atoms. The van der Waals surface area contributed by atoms with E-state index in [9.17, 15) is 0 Å². The van der Waals surface area contributed by atoms with Crippen molar-refractivity contribution in [3.8, 4) is 18.2 Å². The van der Waals surface area contributed by atoms with E-state index in [-0.39, 0.29) is 11.0 Å². The Bertz CT molecular complexity index is 369. The summed E-state index contributed by atoms with van der Waals surface area (Å²) >= 11 is 1.12. The molecule has 0 amide bonds. The Hall–Kier alpha value is -1.64. The third-order valence-electron chi connectivity index (χ3n) is 1.12. The Labute approximate surface area is 67.8 Å². The van der Waals surface area contributed by atoms with Crippen LogP contribution < -0.4 is 0 Å². The van der Waals surface area contributed by atoms with Gasteiger partial charge < -0.3 is 0 Å². The minimum absolute atomic E-state index is 0.194. The molecular formula is C6BN3S. The normalized spacial score (nSPS) is 7.36. The van der Waals surface area contributed by atoms with E-state index in [0.29, 0.717) is 4.88 Å². The third-order valence-corrected chi connectivity index (χ3v) is 2.01.